The van der Waals surface area contributed by atoms with Gasteiger partial charge in [-0.3, -0.25) is 9.59 Å². The summed E-state index contributed by atoms with van der Waals surface area (Å²) in [6.07, 6.45) is 2.83. The van der Waals surface area contributed by atoms with Crippen LogP contribution in [0.3, 0.4) is 0 Å². The predicted octanol–water partition coefficient (Wildman–Crippen LogP) is 5.00. The second-order valence-electron chi connectivity index (χ2n) is 11.8. The molecule has 12 heteroatoms. The van der Waals surface area contributed by atoms with Gasteiger partial charge in [-0.2, -0.15) is 18.2 Å². The smallest absolute Gasteiger partial charge is 0.367 e. The second kappa shape index (κ2) is 12.8. The minimum Gasteiger partial charge on any atom is -0.367 e. The molecule has 2 saturated heterocycles. The number of piperidine rings is 2. The molecule has 1 aromatic heterocycles. The zero-order valence-corrected chi connectivity index (χ0v) is 24.3. The van der Waals surface area contributed by atoms with Crippen molar-refractivity contribution in [3.63, 3.8) is 0 Å². The second-order valence-corrected chi connectivity index (χ2v) is 11.8. The maximum atomic E-state index is 13.8. The van der Waals surface area contributed by atoms with Gasteiger partial charge in [0.25, 0.3) is 5.91 Å². The van der Waals surface area contributed by atoms with Crippen molar-refractivity contribution in [2.24, 2.45) is 5.92 Å². The Hall–Kier alpha value is -3.41. The van der Waals surface area contributed by atoms with E-state index in [1.165, 1.54) is 0 Å². The monoisotopic (exact) mass is 587 g/mol. The highest BCUT2D eigenvalue weighted by Crippen LogP contribution is 2.37. The van der Waals surface area contributed by atoms with E-state index in [2.05, 4.69) is 32.5 Å². The van der Waals surface area contributed by atoms with Crippen LogP contribution in [0.25, 0.3) is 0 Å². The Bertz CT molecular complexity index is 1240. The molecule has 0 radical (unpaired) electrons. The molecule has 1 aromatic carbocycles. The maximum absolute atomic E-state index is 13.8. The summed E-state index contributed by atoms with van der Waals surface area (Å²) < 4.78 is 41.5. The van der Waals surface area contributed by atoms with Gasteiger partial charge in [0.1, 0.15) is 11.4 Å². The van der Waals surface area contributed by atoms with Gasteiger partial charge in [-0.25, -0.2) is 4.98 Å². The van der Waals surface area contributed by atoms with Gasteiger partial charge in [-0.1, -0.05) is 0 Å². The average Bonchev–Trinajstić information content (AvgIpc) is 3.45. The number of anilines is 3. The number of amides is 2. The summed E-state index contributed by atoms with van der Waals surface area (Å²) in [4.78, 5) is 40.0. The molecule has 2 amide bonds. The van der Waals surface area contributed by atoms with Crippen LogP contribution in [-0.4, -0.2) is 88.8 Å². The van der Waals surface area contributed by atoms with Crippen molar-refractivity contribution in [3.8, 4) is 0 Å². The maximum Gasteiger partial charge on any atom is 0.421 e. The third-order valence-electron chi connectivity index (χ3n) is 8.83. The Kier molecular flexibility index (Phi) is 9.19. The fourth-order valence-electron chi connectivity index (χ4n) is 6.24. The zero-order chi connectivity index (χ0) is 29.9. The molecule has 3 heterocycles. The van der Waals surface area contributed by atoms with E-state index >= 15 is 0 Å². The van der Waals surface area contributed by atoms with E-state index in [-0.39, 0.29) is 41.6 Å². The Morgan fingerprint density at radius 2 is 1.67 bits per heavy atom. The molecule has 0 spiro atoms. The molecular formula is C30H40F3N7O2. The van der Waals surface area contributed by atoms with E-state index in [1.54, 1.807) is 29.2 Å². The van der Waals surface area contributed by atoms with E-state index < -0.39 is 11.7 Å². The molecule has 1 aliphatic carbocycles. The van der Waals surface area contributed by atoms with Crippen LogP contribution in [0.2, 0.25) is 0 Å². The van der Waals surface area contributed by atoms with Crippen LogP contribution in [0.15, 0.2) is 30.5 Å². The Morgan fingerprint density at radius 3 is 2.33 bits per heavy atom. The topological polar surface area (TPSA) is 93.7 Å². The number of likely N-dealkylation sites (tertiary alicyclic amines) is 2. The molecule has 3 aliphatic rings. The minimum absolute atomic E-state index is 0.00644. The molecular weight excluding hydrogens is 547 g/mol. The minimum atomic E-state index is -4.63. The van der Waals surface area contributed by atoms with Crippen LogP contribution in [-0.2, 0) is 11.0 Å². The van der Waals surface area contributed by atoms with Gasteiger partial charge in [-0.15, -0.1) is 0 Å². The fourth-order valence-corrected chi connectivity index (χ4v) is 6.24. The highest BCUT2D eigenvalue weighted by atomic mass is 19.4. The van der Waals surface area contributed by atoms with Gasteiger partial charge in [-0.05, 0) is 95.8 Å². The number of carbonyl (C=O) groups excluding carboxylic acids is 2. The summed E-state index contributed by atoms with van der Waals surface area (Å²) >= 11 is 0. The molecule has 2 N–H and O–H groups in total. The van der Waals surface area contributed by atoms with E-state index in [0.29, 0.717) is 30.5 Å². The third kappa shape index (κ3) is 7.14. The van der Waals surface area contributed by atoms with Crippen LogP contribution in [0.4, 0.5) is 30.6 Å². The van der Waals surface area contributed by atoms with Crippen LogP contribution < -0.4 is 10.6 Å². The highest BCUT2D eigenvalue weighted by Gasteiger charge is 2.38. The highest BCUT2D eigenvalue weighted by molar-refractivity contribution is 5.94. The van der Waals surface area contributed by atoms with Crippen LogP contribution in [0.1, 0.15) is 67.3 Å². The lowest BCUT2D eigenvalue weighted by atomic mass is 10.0. The van der Waals surface area contributed by atoms with Crippen LogP contribution in [0, 0.1) is 5.92 Å². The first-order valence-electron chi connectivity index (χ1n) is 14.9. The molecule has 2 aliphatic heterocycles. The van der Waals surface area contributed by atoms with E-state index in [1.807, 2.05) is 11.9 Å². The number of hydrogen-bond donors (Lipinski definition) is 2. The fraction of sp³-hybridized carbons (Fsp3) is 0.600. The Balaban J connectivity index is 1.23. The number of carbonyl (C=O) groups is 2. The van der Waals surface area contributed by atoms with Crippen LogP contribution >= 0.6 is 0 Å². The number of nitrogens with zero attached hydrogens (tertiary/aromatic N) is 5. The van der Waals surface area contributed by atoms with Gasteiger partial charge in [0, 0.05) is 55.6 Å². The summed E-state index contributed by atoms with van der Waals surface area (Å²) in [6.45, 7) is 3.42. The van der Waals surface area contributed by atoms with Crippen molar-refractivity contribution in [2.75, 3.05) is 50.9 Å². The van der Waals surface area contributed by atoms with Gasteiger partial charge in [0.15, 0.2) is 0 Å². The molecule has 0 unspecified atom stereocenters. The number of alkyl halides is 3. The van der Waals surface area contributed by atoms with Crippen molar-refractivity contribution < 1.29 is 22.8 Å². The number of benzene rings is 1. The van der Waals surface area contributed by atoms with Gasteiger partial charge in [0.05, 0.1) is 0 Å². The number of aromatic nitrogens is 2. The normalized spacial score (nSPS) is 22.2. The summed E-state index contributed by atoms with van der Waals surface area (Å²) in [6, 6.07) is 6.67. The number of rotatable bonds is 7. The van der Waals surface area contributed by atoms with Crippen molar-refractivity contribution >= 4 is 29.3 Å². The number of nitrogens with one attached hydrogen (secondary N) is 2. The third-order valence-corrected chi connectivity index (χ3v) is 8.83. The number of hydrogen-bond acceptors (Lipinski definition) is 7. The molecule has 2 aromatic rings. The van der Waals surface area contributed by atoms with E-state index in [4.69, 9.17) is 0 Å². The lowest BCUT2D eigenvalue weighted by molar-refractivity contribution is -0.137. The number of halogens is 3. The Labute approximate surface area is 244 Å². The molecule has 9 nitrogen and oxygen atoms in total. The molecule has 228 valence electrons. The predicted molar refractivity (Wildman–Crippen MR) is 155 cm³/mol. The van der Waals surface area contributed by atoms with Crippen molar-refractivity contribution in [1.82, 2.24) is 24.7 Å². The molecule has 2 atom stereocenters. The molecule has 3 fully saturated rings. The SMILES string of the molecule is CN1CCC(N(C)C(=O)c2ccc(Nc3ncc(C(F)(F)F)c(N[C@@H]4CC[C@H](C(=O)N5CCCCC5)C4)n3)cc2)CC1. The van der Waals surface area contributed by atoms with Crippen LogP contribution in [0.5, 0.6) is 0 Å². The molecule has 5 rings (SSSR count). The molecule has 42 heavy (non-hydrogen) atoms. The summed E-state index contributed by atoms with van der Waals surface area (Å²) in [5, 5.41) is 5.93. The standard InChI is InChI=1S/C30H40F3N7O2/c1-38-16-12-24(13-17-38)39(2)27(41)20-6-9-22(10-7-20)36-29-34-19-25(30(31,32)33)26(37-29)35-23-11-8-21(18-23)28(42)40-14-4-3-5-15-40/h6-7,9-10,19,21,23-24H,3-5,8,11-18H2,1-2H3,(H2,34,35,36,37)/t21-,23+/m0/s1. The van der Waals surface area contributed by atoms with E-state index in [0.717, 1.165) is 64.5 Å². The molecule has 1 saturated carbocycles. The van der Waals surface area contributed by atoms with Gasteiger partial charge in [0.2, 0.25) is 11.9 Å². The first-order chi connectivity index (χ1) is 20.1. The quantitative estimate of drug-likeness (QED) is 0.471. The lowest BCUT2D eigenvalue weighted by Gasteiger charge is -2.35. The summed E-state index contributed by atoms with van der Waals surface area (Å²) in [5.74, 6) is -0.440. The van der Waals surface area contributed by atoms with E-state index in [9.17, 15) is 22.8 Å². The largest absolute Gasteiger partial charge is 0.421 e. The Morgan fingerprint density at radius 1 is 0.976 bits per heavy atom. The van der Waals surface area contributed by atoms with Crippen molar-refractivity contribution in [3.05, 3.63) is 41.6 Å². The summed E-state index contributed by atoms with van der Waals surface area (Å²) in [7, 11) is 3.90. The zero-order valence-electron chi connectivity index (χ0n) is 24.3. The first-order valence-corrected chi connectivity index (χ1v) is 14.9. The average molecular weight is 588 g/mol. The molecule has 0 bridgehead atoms. The lowest BCUT2D eigenvalue weighted by Crippen LogP contribution is -2.44. The van der Waals surface area contributed by atoms with Crippen molar-refractivity contribution in [1.29, 1.82) is 0 Å². The van der Waals surface area contributed by atoms with Gasteiger partial charge >= 0.3 is 6.18 Å². The van der Waals surface area contributed by atoms with Gasteiger partial charge < -0.3 is 25.3 Å². The first kappa shape index (κ1) is 30.1. The van der Waals surface area contributed by atoms with Crippen molar-refractivity contribution in [2.45, 2.75) is 69.6 Å². The summed E-state index contributed by atoms with van der Waals surface area (Å²) in [5.41, 5.74) is 0.136.